The molecule has 4 nitrogen and oxygen atoms in total. The van der Waals surface area contributed by atoms with E-state index < -0.39 is 0 Å². The smallest absolute Gasteiger partial charge is 0.234 e. The van der Waals surface area contributed by atoms with Gasteiger partial charge in [0, 0.05) is 16.1 Å². The Morgan fingerprint density at radius 2 is 1.67 bits per heavy atom. The zero-order valence-electron chi connectivity index (χ0n) is 15.3. The second kappa shape index (κ2) is 9.14. The van der Waals surface area contributed by atoms with Gasteiger partial charge in [0.2, 0.25) is 5.91 Å². The molecule has 3 rings (SSSR count). The Morgan fingerprint density at radius 1 is 0.926 bits per heavy atom. The van der Waals surface area contributed by atoms with Crippen molar-refractivity contribution in [3.63, 3.8) is 0 Å². The molecule has 0 saturated heterocycles. The molecule has 0 aliphatic heterocycles. The molecule has 0 atom stereocenters. The van der Waals surface area contributed by atoms with E-state index in [2.05, 4.69) is 5.32 Å². The lowest BCUT2D eigenvalue weighted by molar-refractivity contribution is -0.113. The number of carbonyl (C=O) groups excluding carboxylic acids is 1. The van der Waals surface area contributed by atoms with Gasteiger partial charge >= 0.3 is 0 Å². The highest BCUT2D eigenvalue weighted by Crippen LogP contribution is 2.33. The van der Waals surface area contributed by atoms with Crippen LogP contribution >= 0.6 is 11.8 Å². The van der Waals surface area contributed by atoms with Crippen LogP contribution in [0.5, 0.6) is 11.5 Å². The fourth-order valence-electron chi connectivity index (χ4n) is 2.64. The van der Waals surface area contributed by atoms with Crippen LogP contribution in [0.2, 0.25) is 0 Å². The number of hydrogen-bond donors (Lipinski definition) is 1. The predicted octanol–water partition coefficient (Wildman–Crippen LogP) is 5.10. The van der Waals surface area contributed by atoms with Crippen LogP contribution in [-0.2, 0) is 4.79 Å². The first kappa shape index (κ1) is 18.9. The van der Waals surface area contributed by atoms with Crippen LogP contribution in [0.25, 0.3) is 11.1 Å². The van der Waals surface area contributed by atoms with Gasteiger partial charge in [0.05, 0.1) is 20.0 Å². The van der Waals surface area contributed by atoms with E-state index in [1.165, 1.54) is 11.8 Å². The number of ether oxygens (including phenoxy) is 2. The number of carbonyl (C=O) groups is 1. The lowest BCUT2D eigenvalue weighted by atomic mass is 10.0. The highest BCUT2D eigenvalue weighted by molar-refractivity contribution is 8.00. The molecule has 5 heteroatoms. The van der Waals surface area contributed by atoms with E-state index in [1.54, 1.807) is 14.2 Å². The van der Waals surface area contributed by atoms with Gasteiger partial charge in [-0.05, 0) is 48.0 Å². The van der Waals surface area contributed by atoms with Crippen molar-refractivity contribution in [1.82, 2.24) is 0 Å². The molecular formula is C22H21NO3S. The van der Waals surface area contributed by atoms with Gasteiger partial charge in [0.15, 0.2) is 0 Å². The lowest BCUT2D eigenvalue weighted by Gasteiger charge is -2.12. The Hall–Kier alpha value is -2.92. The maximum Gasteiger partial charge on any atom is 0.234 e. The van der Waals surface area contributed by atoms with Crippen molar-refractivity contribution in [2.24, 2.45) is 0 Å². The summed E-state index contributed by atoms with van der Waals surface area (Å²) in [5.74, 6) is 1.85. The Morgan fingerprint density at radius 3 is 2.33 bits per heavy atom. The van der Waals surface area contributed by atoms with E-state index in [9.17, 15) is 4.79 Å². The minimum Gasteiger partial charge on any atom is -0.497 e. The summed E-state index contributed by atoms with van der Waals surface area (Å²) in [6.07, 6.45) is 0. The Labute approximate surface area is 163 Å². The first-order valence-corrected chi connectivity index (χ1v) is 9.48. The molecule has 0 bridgehead atoms. The SMILES string of the molecule is COc1ccc(-c2cc(NC(=O)CSc3ccccc3)ccc2OC)cc1. The zero-order valence-corrected chi connectivity index (χ0v) is 16.1. The van der Waals surface area contributed by atoms with Crippen LogP contribution in [0.3, 0.4) is 0 Å². The quantitative estimate of drug-likeness (QED) is 0.580. The Bertz CT molecular complexity index is 895. The Balaban J connectivity index is 1.73. The van der Waals surface area contributed by atoms with Crippen molar-refractivity contribution in [1.29, 1.82) is 0 Å². The summed E-state index contributed by atoms with van der Waals surface area (Å²) in [6.45, 7) is 0. The van der Waals surface area contributed by atoms with Crippen LogP contribution in [0.4, 0.5) is 5.69 Å². The number of hydrogen-bond acceptors (Lipinski definition) is 4. The van der Waals surface area contributed by atoms with Gasteiger partial charge in [0.1, 0.15) is 11.5 Å². The number of methoxy groups -OCH3 is 2. The minimum absolute atomic E-state index is 0.0466. The largest absolute Gasteiger partial charge is 0.497 e. The van der Waals surface area contributed by atoms with Gasteiger partial charge in [-0.2, -0.15) is 0 Å². The molecule has 1 amide bonds. The van der Waals surface area contributed by atoms with E-state index in [1.807, 2.05) is 72.8 Å². The van der Waals surface area contributed by atoms with Crippen molar-refractivity contribution in [2.45, 2.75) is 4.90 Å². The monoisotopic (exact) mass is 379 g/mol. The van der Waals surface area contributed by atoms with Crippen molar-refractivity contribution in [3.8, 4) is 22.6 Å². The number of rotatable bonds is 7. The first-order valence-electron chi connectivity index (χ1n) is 8.50. The van der Waals surface area contributed by atoms with Crippen LogP contribution in [-0.4, -0.2) is 25.9 Å². The predicted molar refractivity (Wildman–Crippen MR) is 111 cm³/mol. The van der Waals surface area contributed by atoms with Gasteiger partial charge in [-0.3, -0.25) is 4.79 Å². The van der Waals surface area contributed by atoms with Crippen LogP contribution < -0.4 is 14.8 Å². The van der Waals surface area contributed by atoms with Crippen LogP contribution in [0.1, 0.15) is 0 Å². The number of nitrogens with one attached hydrogen (secondary N) is 1. The molecule has 0 aliphatic rings. The maximum atomic E-state index is 12.3. The van der Waals surface area contributed by atoms with Gasteiger partial charge < -0.3 is 14.8 Å². The zero-order chi connectivity index (χ0) is 19.1. The van der Waals surface area contributed by atoms with E-state index >= 15 is 0 Å². The van der Waals surface area contributed by atoms with Crippen molar-refractivity contribution in [3.05, 3.63) is 72.8 Å². The fraction of sp³-hybridized carbons (Fsp3) is 0.136. The molecule has 3 aromatic carbocycles. The average Bonchev–Trinajstić information content (AvgIpc) is 2.73. The number of benzene rings is 3. The number of amides is 1. The van der Waals surface area contributed by atoms with Gasteiger partial charge in [-0.25, -0.2) is 0 Å². The van der Waals surface area contributed by atoms with Crippen LogP contribution in [0.15, 0.2) is 77.7 Å². The first-order chi connectivity index (χ1) is 13.2. The van der Waals surface area contributed by atoms with E-state index in [0.29, 0.717) is 5.75 Å². The summed E-state index contributed by atoms with van der Waals surface area (Å²) >= 11 is 1.51. The third-order valence-electron chi connectivity index (χ3n) is 4.00. The molecule has 1 N–H and O–H groups in total. The Kier molecular flexibility index (Phi) is 6.39. The maximum absolute atomic E-state index is 12.3. The third kappa shape index (κ3) is 5.05. The number of thioether (sulfide) groups is 1. The molecule has 0 saturated carbocycles. The van der Waals surface area contributed by atoms with Crippen molar-refractivity contribution >= 4 is 23.4 Å². The molecule has 0 heterocycles. The summed E-state index contributed by atoms with van der Waals surface area (Å²) in [4.78, 5) is 13.4. The van der Waals surface area contributed by atoms with Crippen molar-refractivity contribution < 1.29 is 14.3 Å². The molecule has 0 spiro atoms. The fourth-order valence-corrected chi connectivity index (χ4v) is 3.36. The molecule has 0 unspecified atom stereocenters. The second-order valence-electron chi connectivity index (χ2n) is 5.79. The molecule has 0 fully saturated rings. The minimum atomic E-state index is -0.0466. The molecule has 0 aliphatic carbocycles. The summed E-state index contributed by atoms with van der Waals surface area (Å²) in [6, 6.07) is 23.2. The normalized spacial score (nSPS) is 10.3. The second-order valence-corrected chi connectivity index (χ2v) is 6.84. The molecular weight excluding hydrogens is 358 g/mol. The summed E-state index contributed by atoms with van der Waals surface area (Å²) in [5, 5.41) is 2.96. The van der Waals surface area contributed by atoms with Crippen LogP contribution in [0, 0.1) is 0 Å². The van der Waals surface area contributed by atoms with E-state index in [0.717, 1.165) is 33.2 Å². The molecule has 3 aromatic rings. The van der Waals surface area contributed by atoms with Gasteiger partial charge in [-0.1, -0.05) is 30.3 Å². The average molecular weight is 379 g/mol. The van der Waals surface area contributed by atoms with Gasteiger partial charge in [-0.15, -0.1) is 11.8 Å². The molecule has 138 valence electrons. The van der Waals surface area contributed by atoms with E-state index in [4.69, 9.17) is 9.47 Å². The molecule has 0 radical (unpaired) electrons. The summed E-state index contributed by atoms with van der Waals surface area (Å²) < 4.78 is 10.7. The standard InChI is InChI=1S/C22H21NO3S/c1-25-18-11-8-16(9-12-18)20-14-17(10-13-21(20)26-2)23-22(24)15-27-19-6-4-3-5-7-19/h3-14H,15H2,1-2H3,(H,23,24). The molecule has 0 aromatic heterocycles. The highest BCUT2D eigenvalue weighted by Gasteiger charge is 2.10. The molecule has 27 heavy (non-hydrogen) atoms. The topological polar surface area (TPSA) is 47.6 Å². The summed E-state index contributed by atoms with van der Waals surface area (Å²) in [5.41, 5.74) is 2.64. The van der Waals surface area contributed by atoms with Crippen molar-refractivity contribution in [2.75, 3.05) is 25.3 Å². The van der Waals surface area contributed by atoms with E-state index in [-0.39, 0.29) is 5.91 Å². The third-order valence-corrected chi connectivity index (χ3v) is 5.01. The summed E-state index contributed by atoms with van der Waals surface area (Å²) in [7, 11) is 3.27. The highest BCUT2D eigenvalue weighted by atomic mass is 32.2. The lowest BCUT2D eigenvalue weighted by Crippen LogP contribution is -2.14. The number of anilines is 1. The van der Waals surface area contributed by atoms with Gasteiger partial charge in [0.25, 0.3) is 0 Å².